The molecule has 0 fully saturated rings. The lowest BCUT2D eigenvalue weighted by atomic mass is 10.0. The summed E-state index contributed by atoms with van der Waals surface area (Å²) in [4.78, 5) is 9.45. The fraction of sp³-hybridized carbons (Fsp3) is 0. The van der Waals surface area contributed by atoms with Gasteiger partial charge < -0.3 is 5.11 Å². The maximum absolute atomic E-state index is 14.0. The molecule has 25 heavy (non-hydrogen) atoms. The van der Waals surface area contributed by atoms with Crippen LogP contribution in [0.1, 0.15) is 0 Å². The van der Waals surface area contributed by atoms with E-state index in [2.05, 4.69) is 0 Å². The minimum absolute atomic E-state index is 0.0640. The van der Waals surface area contributed by atoms with E-state index in [1.54, 1.807) is 0 Å². The van der Waals surface area contributed by atoms with E-state index in [1.165, 1.54) is 0 Å². The minimum atomic E-state index is -4.84. The Balaban J connectivity index is 2.80. The van der Waals surface area contributed by atoms with Crippen LogP contribution < -0.4 is 4.72 Å². The maximum atomic E-state index is 14.0. The average Bonchev–Trinajstić information content (AvgIpc) is 2.45. The van der Waals surface area contributed by atoms with Crippen molar-refractivity contribution in [2.24, 2.45) is 0 Å². The summed E-state index contributed by atoms with van der Waals surface area (Å²) >= 11 is 5.52. The van der Waals surface area contributed by atoms with Crippen LogP contribution in [0.4, 0.5) is 26.7 Å². The Bertz CT molecular complexity index is 997. The topological polar surface area (TPSA) is 83.5 Å². The molecular weight excluding hydrogens is 397 g/mol. The van der Waals surface area contributed by atoms with Crippen LogP contribution in [0.5, 0.6) is 0 Å². The summed E-state index contributed by atoms with van der Waals surface area (Å²) in [7, 11) is -4.84. The molecule has 134 valence electrons. The van der Waals surface area contributed by atoms with Crippen LogP contribution >= 0.6 is 11.6 Å². The van der Waals surface area contributed by atoms with Crippen LogP contribution in [0.3, 0.4) is 0 Å². The Morgan fingerprint density at radius 1 is 0.960 bits per heavy atom. The standard InChI is InChI=1S/C13H5ClF5NO4S/c14-5-2-6(15)4(1-9(5)25(23,24)20-13(21)22)10-7(16)3-8(17)11(18)12(10)19/h1-3,20H,(H,21,22). The molecule has 0 saturated heterocycles. The molecule has 0 bridgehead atoms. The number of carbonyl (C=O) groups is 1. The van der Waals surface area contributed by atoms with Crippen molar-refractivity contribution in [2.75, 3.05) is 0 Å². The van der Waals surface area contributed by atoms with Gasteiger partial charge in [-0.2, -0.15) is 0 Å². The van der Waals surface area contributed by atoms with Crippen LogP contribution in [0.25, 0.3) is 11.1 Å². The van der Waals surface area contributed by atoms with Crippen molar-refractivity contribution < 1.29 is 40.3 Å². The average molecular weight is 402 g/mol. The summed E-state index contributed by atoms with van der Waals surface area (Å²) in [6, 6.07) is 0.556. The van der Waals surface area contributed by atoms with Gasteiger partial charge in [-0.1, -0.05) is 11.6 Å². The normalized spacial score (nSPS) is 11.4. The molecule has 2 rings (SSSR count). The van der Waals surface area contributed by atoms with Crippen molar-refractivity contribution in [1.82, 2.24) is 4.72 Å². The number of nitrogens with one attached hydrogen (secondary N) is 1. The first kappa shape index (κ1) is 18.9. The SMILES string of the molecule is O=C(O)NS(=O)(=O)c1cc(-c2c(F)cc(F)c(F)c2F)c(F)cc1Cl. The van der Waals surface area contributed by atoms with Gasteiger partial charge in [0, 0.05) is 11.6 Å². The van der Waals surface area contributed by atoms with Crippen molar-refractivity contribution in [1.29, 1.82) is 0 Å². The highest BCUT2D eigenvalue weighted by Crippen LogP contribution is 2.35. The zero-order valence-electron chi connectivity index (χ0n) is 11.6. The van der Waals surface area contributed by atoms with Crippen molar-refractivity contribution in [3.63, 3.8) is 0 Å². The first-order valence-electron chi connectivity index (χ1n) is 6.04. The second kappa shape index (κ2) is 6.48. The quantitative estimate of drug-likeness (QED) is 0.467. The summed E-state index contributed by atoms with van der Waals surface area (Å²) in [5.41, 5.74) is -2.50. The van der Waals surface area contributed by atoms with Crippen LogP contribution in [0, 0.1) is 29.1 Å². The molecule has 0 atom stereocenters. The molecule has 1 amide bonds. The lowest BCUT2D eigenvalue weighted by molar-refractivity contribution is 0.201. The van der Waals surface area contributed by atoms with E-state index >= 15 is 0 Å². The van der Waals surface area contributed by atoms with Gasteiger partial charge in [-0.05, 0) is 12.1 Å². The summed E-state index contributed by atoms with van der Waals surface area (Å²) in [5, 5.41) is 7.67. The van der Waals surface area contributed by atoms with Gasteiger partial charge >= 0.3 is 6.09 Å². The van der Waals surface area contributed by atoms with Gasteiger partial charge in [-0.3, -0.25) is 0 Å². The van der Waals surface area contributed by atoms with Crippen molar-refractivity contribution in [3.8, 4) is 11.1 Å². The Hall–Kier alpha value is -2.40. The first-order valence-corrected chi connectivity index (χ1v) is 7.90. The Kier molecular flexibility index (Phi) is 4.91. The molecule has 0 radical (unpaired) electrons. The number of benzene rings is 2. The third kappa shape index (κ3) is 3.51. The lowest BCUT2D eigenvalue weighted by Gasteiger charge is -2.12. The summed E-state index contributed by atoms with van der Waals surface area (Å²) in [6.45, 7) is 0. The van der Waals surface area contributed by atoms with E-state index < -0.39 is 66.2 Å². The highest BCUT2D eigenvalue weighted by atomic mass is 35.5. The Labute approximate surface area is 141 Å². The molecule has 0 heterocycles. The molecule has 2 aromatic rings. The molecule has 0 aliphatic rings. The fourth-order valence-electron chi connectivity index (χ4n) is 1.91. The maximum Gasteiger partial charge on any atom is 0.418 e. The van der Waals surface area contributed by atoms with Gasteiger partial charge in [0.25, 0.3) is 10.0 Å². The van der Waals surface area contributed by atoms with E-state index in [4.69, 9.17) is 16.7 Å². The summed E-state index contributed by atoms with van der Waals surface area (Å²) in [5.74, 6) is -9.27. The molecule has 2 aromatic carbocycles. The smallest absolute Gasteiger partial charge is 0.418 e. The lowest BCUT2D eigenvalue weighted by Crippen LogP contribution is -2.29. The number of hydrogen-bond acceptors (Lipinski definition) is 3. The summed E-state index contributed by atoms with van der Waals surface area (Å²) in [6.07, 6.45) is -2.01. The Morgan fingerprint density at radius 2 is 1.56 bits per heavy atom. The molecule has 0 aliphatic carbocycles. The van der Waals surface area contributed by atoms with Gasteiger partial charge in [0.1, 0.15) is 16.5 Å². The number of sulfonamides is 1. The Morgan fingerprint density at radius 3 is 2.12 bits per heavy atom. The molecule has 0 saturated carbocycles. The fourth-order valence-corrected chi connectivity index (χ4v) is 3.29. The number of carboxylic acid groups (broad SMARTS) is 1. The van der Waals surface area contributed by atoms with E-state index in [9.17, 15) is 35.2 Å². The third-order valence-corrected chi connectivity index (χ3v) is 4.70. The number of rotatable bonds is 3. The van der Waals surface area contributed by atoms with Crippen LogP contribution in [-0.2, 0) is 10.0 Å². The van der Waals surface area contributed by atoms with Crippen molar-refractivity contribution >= 4 is 27.7 Å². The minimum Gasteiger partial charge on any atom is -0.464 e. The number of hydrogen-bond donors (Lipinski definition) is 2. The number of amides is 1. The van der Waals surface area contributed by atoms with Crippen LogP contribution in [0.2, 0.25) is 5.02 Å². The predicted molar refractivity (Wildman–Crippen MR) is 75.0 cm³/mol. The van der Waals surface area contributed by atoms with Crippen LogP contribution in [0.15, 0.2) is 23.1 Å². The second-order valence-electron chi connectivity index (χ2n) is 4.52. The second-order valence-corrected chi connectivity index (χ2v) is 6.57. The molecule has 5 nitrogen and oxygen atoms in total. The van der Waals surface area contributed by atoms with Gasteiger partial charge in [-0.25, -0.2) is 39.9 Å². The molecule has 12 heteroatoms. The molecular formula is C13H5ClF5NO4S. The molecule has 0 spiro atoms. The molecule has 0 aliphatic heterocycles. The van der Waals surface area contributed by atoms with E-state index in [0.29, 0.717) is 12.1 Å². The number of halogens is 6. The largest absolute Gasteiger partial charge is 0.464 e. The van der Waals surface area contributed by atoms with Gasteiger partial charge in [-0.15, -0.1) is 0 Å². The van der Waals surface area contributed by atoms with E-state index in [-0.39, 0.29) is 6.07 Å². The predicted octanol–water partition coefficient (Wildman–Crippen LogP) is 3.66. The molecule has 0 aromatic heterocycles. The zero-order chi connectivity index (χ0) is 19.1. The summed E-state index contributed by atoms with van der Waals surface area (Å²) < 4.78 is 92.6. The highest BCUT2D eigenvalue weighted by Gasteiger charge is 2.27. The van der Waals surface area contributed by atoms with Crippen LogP contribution in [-0.4, -0.2) is 19.6 Å². The van der Waals surface area contributed by atoms with E-state index in [1.807, 2.05) is 0 Å². The van der Waals surface area contributed by atoms with Gasteiger partial charge in [0.2, 0.25) is 0 Å². The first-order chi connectivity index (χ1) is 11.5. The van der Waals surface area contributed by atoms with Crippen molar-refractivity contribution in [3.05, 3.63) is 52.3 Å². The van der Waals surface area contributed by atoms with Crippen molar-refractivity contribution in [2.45, 2.75) is 4.90 Å². The monoisotopic (exact) mass is 401 g/mol. The van der Waals surface area contributed by atoms with Gasteiger partial charge in [0.05, 0.1) is 10.6 Å². The zero-order valence-corrected chi connectivity index (χ0v) is 13.2. The highest BCUT2D eigenvalue weighted by molar-refractivity contribution is 7.90. The molecule has 2 N–H and O–H groups in total. The molecule has 0 unspecified atom stereocenters. The van der Waals surface area contributed by atoms with E-state index in [0.717, 1.165) is 4.72 Å². The van der Waals surface area contributed by atoms with Gasteiger partial charge in [0.15, 0.2) is 17.5 Å². The third-order valence-electron chi connectivity index (χ3n) is 2.92.